The van der Waals surface area contributed by atoms with Gasteiger partial charge in [0.05, 0.1) is 0 Å². The van der Waals surface area contributed by atoms with Crippen molar-refractivity contribution in [3.05, 3.63) is 35.2 Å². The number of amides is 1. The topological polar surface area (TPSA) is 41.1 Å². The van der Waals surface area contributed by atoms with Crippen LogP contribution < -0.4 is 10.6 Å². The molecule has 1 heterocycles. The van der Waals surface area contributed by atoms with Crippen molar-refractivity contribution in [1.82, 2.24) is 10.6 Å². The molecule has 0 fully saturated rings. The summed E-state index contributed by atoms with van der Waals surface area (Å²) < 4.78 is 1.31. The third-order valence-corrected chi connectivity index (χ3v) is 4.35. The first kappa shape index (κ1) is 14.0. The van der Waals surface area contributed by atoms with Crippen molar-refractivity contribution >= 4 is 27.3 Å². The average Bonchev–Trinajstić information content (AvgIpc) is 2.82. The van der Waals surface area contributed by atoms with Gasteiger partial charge in [-0.15, -0.1) is 11.3 Å². The molecule has 2 N–H and O–H groups in total. The molecule has 0 aliphatic rings. The summed E-state index contributed by atoms with van der Waals surface area (Å²) >= 11 is 1.81. The lowest BCUT2D eigenvalue weighted by atomic mass is 10.2. The molecule has 0 bridgehead atoms. The van der Waals surface area contributed by atoms with Gasteiger partial charge in [0.1, 0.15) is 0 Å². The highest BCUT2D eigenvalue weighted by Crippen LogP contribution is 2.29. The zero-order valence-electron chi connectivity index (χ0n) is 11.4. The molecule has 19 heavy (non-hydrogen) atoms. The van der Waals surface area contributed by atoms with Crippen LogP contribution in [-0.2, 0) is 4.79 Å². The molecule has 2 rings (SSSR count). The Bertz CT molecular complexity index is 517. The van der Waals surface area contributed by atoms with E-state index in [1.165, 1.54) is 15.0 Å². The van der Waals surface area contributed by atoms with Crippen LogP contribution >= 0.6 is 11.3 Å². The minimum Gasteiger partial charge on any atom is -0.356 e. The molecule has 0 spiro atoms. The van der Waals surface area contributed by atoms with Crippen LogP contribution in [0, 0.1) is 0 Å². The summed E-state index contributed by atoms with van der Waals surface area (Å²) in [7, 11) is 0. The van der Waals surface area contributed by atoms with Gasteiger partial charge in [-0.3, -0.25) is 4.79 Å². The van der Waals surface area contributed by atoms with E-state index in [-0.39, 0.29) is 11.9 Å². The van der Waals surface area contributed by atoms with Crippen LogP contribution in [0.15, 0.2) is 30.3 Å². The van der Waals surface area contributed by atoms with E-state index in [9.17, 15) is 4.79 Å². The fourth-order valence-corrected chi connectivity index (χ4v) is 3.10. The fourth-order valence-electron chi connectivity index (χ4n) is 2.00. The number of rotatable bonds is 6. The molecule has 102 valence electrons. The second kappa shape index (κ2) is 6.68. The van der Waals surface area contributed by atoms with Gasteiger partial charge in [0.2, 0.25) is 5.91 Å². The largest absolute Gasteiger partial charge is 0.356 e. The normalized spacial score (nSPS) is 12.5. The summed E-state index contributed by atoms with van der Waals surface area (Å²) in [6, 6.07) is 10.9. The van der Waals surface area contributed by atoms with E-state index in [1.807, 2.05) is 18.3 Å². The van der Waals surface area contributed by atoms with Crippen molar-refractivity contribution in [2.45, 2.75) is 26.3 Å². The van der Waals surface area contributed by atoms with Gasteiger partial charge < -0.3 is 10.6 Å². The Balaban J connectivity index is 1.89. The number of benzene rings is 1. The minimum absolute atomic E-state index is 0.110. The first-order valence-electron chi connectivity index (χ1n) is 6.69. The summed E-state index contributed by atoms with van der Waals surface area (Å²) in [4.78, 5) is 12.7. The monoisotopic (exact) mass is 276 g/mol. The Kier molecular flexibility index (Phi) is 4.93. The summed E-state index contributed by atoms with van der Waals surface area (Å²) in [5.41, 5.74) is 0. The van der Waals surface area contributed by atoms with Gasteiger partial charge in [-0.1, -0.05) is 18.2 Å². The molecule has 2 aromatic rings. The van der Waals surface area contributed by atoms with E-state index in [0.29, 0.717) is 19.5 Å². The van der Waals surface area contributed by atoms with Gasteiger partial charge in [0.15, 0.2) is 0 Å². The van der Waals surface area contributed by atoms with Gasteiger partial charge in [0.25, 0.3) is 0 Å². The molecule has 1 unspecified atom stereocenters. The van der Waals surface area contributed by atoms with Crippen LogP contribution in [0.25, 0.3) is 10.1 Å². The Morgan fingerprint density at radius 3 is 2.89 bits per heavy atom. The maximum Gasteiger partial charge on any atom is 0.221 e. The van der Waals surface area contributed by atoms with Crippen LogP contribution in [-0.4, -0.2) is 19.0 Å². The van der Waals surface area contributed by atoms with Crippen molar-refractivity contribution < 1.29 is 4.79 Å². The Morgan fingerprint density at radius 1 is 1.37 bits per heavy atom. The molecule has 0 aliphatic carbocycles. The number of hydrogen-bond donors (Lipinski definition) is 2. The average molecular weight is 276 g/mol. The molecule has 1 aromatic carbocycles. The first-order valence-corrected chi connectivity index (χ1v) is 7.51. The van der Waals surface area contributed by atoms with E-state index in [4.69, 9.17) is 0 Å². The molecule has 0 saturated carbocycles. The summed E-state index contributed by atoms with van der Waals surface area (Å²) in [5.74, 6) is 0.110. The quantitative estimate of drug-likeness (QED) is 0.851. The van der Waals surface area contributed by atoms with Gasteiger partial charge >= 0.3 is 0 Å². The van der Waals surface area contributed by atoms with Gasteiger partial charge in [-0.05, 0) is 31.4 Å². The number of nitrogens with one attached hydrogen (secondary N) is 2. The highest BCUT2D eigenvalue weighted by Gasteiger charge is 2.09. The lowest BCUT2D eigenvalue weighted by Crippen LogP contribution is -2.28. The smallest absolute Gasteiger partial charge is 0.221 e. The molecule has 1 atom stereocenters. The lowest BCUT2D eigenvalue weighted by molar-refractivity contribution is -0.120. The van der Waals surface area contributed by atoms with Crippen molar-refractivity contribution in [2.75, 3.05) is 13.1 Å². The maximum atomic E-state index is 11.4. The molecular weight excluding hydrogens is 256 g/mol. The molecular formula is C15H20N2OS. The Hall–Kier alpha value is -1.39. The van der Waals surface area contributed by atoms with Crippen LogP contribution in [0.2, 0.25) is 0 Å². The molecule has 0 radical (unpaired) electrons. The van der Waals surface area contributed by atoms with Crippen molar-refractivity contribution in [3.8, 4) is 0 Å². The highest BCUT2D eigenvalue weighted by molar-refractivity contribution is 7.19. The summed E-state index contributed by atoms with van der Waals surface area (Å²) in [5, 5.41) is 7.49. The van der Waals surface area contributed by atoms with E-state index in [0.717, 1.165) is 0 Å². The standard InChI is InChI=1S/C15H20N2OS/c1-3-16-15(18)8-9-17-11(2)14-10-12-6-4-5-7-13(12)19-14/h4-7,10-11,17H,3,8-9H2,1-2H3,(H,16,18). The van der Waals surface area contributed by atoms with E-state index < -0.39 is 0 Å². The number of carbonyl (C=O) groups is 1. The highest BCUT2D eigenvalue weighted by atomic mass is 32.1. The summed E-state index contributed by atoms with van der Waals surface area (Å²) in [6.07, 6.45) is 0.531. The van der Waals surface area contributed by atoms with Crippen LogP contribution in [0.3, 0.4) is 0 Å². The van der Waals surface area contributed by atoms with E-state index in [1.54, 1.807) is 0 Å². The van der Waals surface area contributed by atoms with Gasteiger partial charge in [-0.2, -0.15) is 0 Å². The van der Waals surface area contributed by atoms with Crippen molar-refractivity contribution in [3.63, 3.8) is 0 Å². The first-order chi connectivity index (χ1) is 9.20. The SMILES string of the molecule is CCNC(=O)CCNC(C)c1cc2ccccc2s1. The van der Waals surface area contributed by atoms with Crippen molar-refractivity contribution in [1.29, 1.82) is 0 Å². The van der Waals surface area contributed by atoms with Gasteiger partial charge in [-0.25, -0.2) is 0 Å². The zero-order chi connectivity index (χ0) is 13.7. The maximum absolute atomic E-state index is 11.4. The third-order valence-electron chi connectivity index (χ3n) is 3.05. The number of fused-ring (bicyclic) bond motifs is 1. The molecule has 4 heteroatoms. The lowest BCUT2D eigenvalue weighted by Gasteiger charge is -2.11. The second-order valence-corrected chi connectivity index (χ2v) is 5.68. The van der Waals surface area contributed by atoms with Crippen LogP contribution in [0.1, 0.15) is 31.2 Å². The Morgan fingerprint density at radius 2 is 2.16 bits per heavy atom. The van der Waals surface area contributed by atoms with Crippen LogP contribution in [0.5, 0.6) is 0 Å². The molecule has 0 saturated heterocycles. The number of hydrogen-bond acceptors (Lipinski definition) is 3. The minimum atomic E-state index is 0.110. The molecule has 1 amide bonds. The number of thiophene rings is 1. The zero-order valence-corrected chi connectivity index (χ0v) is 12.2. The van der Waals surface area contributed by atoms with Crippen LogP contribution in [0.4, 0.5) is 0 Å². The van der Waals surface area contributed by atoms with Crippen molar-refractivity contribution in [2.24, 2.45) is 0 Å². The molecule has 1 aromatic heterocycles. The van der Waals surface area contributed by atoms with E-state index in [2.05, 4.69) is 47.9 Å². The number of carbonyl (C=O) groups excluding carboxylic acids is 1. The predicted octanol–water partition coefficient (Wildman–Crippen LogP) is 3.08. The third kappa shape index (κ3) is 3.78. The second-order valence-electron chi connectivity index (χ2n) is 4.57. The van der Waals surface area contributed by atoms with E-state index >= 15 is 0 Å². The Labute approximate surface area is 118 Å². The summed E-state index contributed by atoms with van der Waals surface area (Å²) in [6.45, 7) is 5.49. The fraction of sp³-hybridized carbons (Fsp3) is 0.400. The predicted molar refractivity (Wildman–Crippen MR) is 81.5 cm³/mol. The van der Waals surface area contributed by atoms with Gasteiger partial charge in [0, 0.05) is 35.1 Å². The molecule has 3 nitrogen and oxygen atoms in total. The molecule has 0 aliphatic heterocycles.